The van der Waals surface area contributed by atoms with E-state index < -0.39 is 10.0 Å². The number of nitrogens with one attached hydrogen (secondary N) is 2. The molecule has 1 amide bonds. The molecule has 1 aliphatic rings. The van der Waals surface area contributed by atoms with Crippen molar-refractivity contribution < 1.29 is 13.2 Å². The van der Waals surface area contributed by atoms with Gasteiger partial charge in [0.25, 0.3) is 0 Å². The number of anilines is 2. The number of hydrogen-bond donors (Lipinski definition) is 3. The first-order valence-corrected chi connectivity index (χ1v) is 10.1. The molecule has 2 aromatic rings. The number of nitriles is 1. The van der Waals surface area contributed by atoms with Gasteiger partial charge in [-0.15, -0.1) is 0 Å². The van der Waals surface area contributed by atoms with Gasteiger partial charge in [-0.1, -0.05) is 18.6 Å². The lowest BCUT2D eigenvalue weighted by molar-refractivity contribution is -0.122. The minimum atomic E-state index is -3.86. The molecular weight excluding hydrogens is 364 g/mol. The highest BCUT2D eigenvalue weighted by molar-refractivity contribution is 7.89. The fourth-order valence-corrected chi connectivity index (χ4v) is 3.36. The number of carbonyl (C=O) groups is 1. The van der Waals surface area contributed by atoms with Crippen LogP contribution >= 0.6 is 0 Å². The van der Waals surface area contributed by atoms with Gasteiger partial charge in [0.2, 0.25) is 15.9 Å². The molecule has 0 bridgehead atoms. The molecule has 0 saturated heterocycles. The number of carbonyl (C=O) groups excluding carboxylic acids is 1. The average Bonchev–Trinajstić information content (AvgIpc) is 2.57. The summed E-state index contributed by atoms with van der Waals surface area (Å²) in [5, 5.41) is 20.4. The van der Waals surface area contributed by atoms with Crippen molar-refractivity contribution in [3.05, 3.63) is 53.6 Å². The van der Waals surface area contributed by atoms with Crippen LogP contribution in [0.15, 0.2) is 47.4 Å². The molecule has 4 N–H and O–H groups in total. The molecule has 27 heavy (non-hydrogen) atoms. The van der Waals surface area contributed by atoms with Crippen LogP contribution in [0.25, 0.3) is 0 Å². The summed E-state index contributed by atoms with van der Waals surface area (Å²) in [6.45, 7) is 0.413. The van der Waals surface area contributed by atoms with E-state index in [1.54, 1.807) is 0 Å². The number of hydrogen-bond acceptors (Lipinski definition) is 5. The maximum Gasteiger partial charge on any atom is 0.238 e. The van der Waals surface area contributed by atoms with Gasteiger partial charge < -0.3 is 10.6 Å². The molecule has 140 valence electrons. The van der Waals surface area contributed by atoms with Crippen LogP contribution in [0.1, 0.15) is 30.4 Å². The van der Waals surface area contributed by atoms with Crippen LogP contribution < -0.4 is 15.8 Å². The predicted molar refractivity (Wildman–Crippen MR) is 102 cm³/mol. The Labute approximate surface area is 158 Å². The Hall–Kier alpha value is -2.89. The molecule has 3 rings (SSSR count). The second kappa shape index (κ2) is 7.78. The van der Waals surface area contributed by atoms with Gasteiger partial charge in [0.05, 0.1) is 16.1 Å². The zero-order valence-electron chi connectivity index (χ0n) is 14.6. The molecule has 1 fully saturated rings. The third kappa shape index (κ3) is 4.64. The lowest BCUT2D eigenvalue weighted by Gasteiger charge is -2.24. The third-order valence-electron chi connectivity index (χ3n) is 4.59. The molecule has 0 aromatic heterocycles. The summed E-state index contributed by atoms with van der Waals surface area (Å²) in [5.41, 5.74) is 2.35. The standard InChI is InChI=1S/C19H20N4O3S/c20-11-15-10-17(27(21,25)26)7-8-18(15)22-12-13-3-1-6-16(9-13)23-19(24)14-4-2-5-14/h1,3,6-10,14,22H,2,4-5,12H2,(H,23,24)(H2,21,25,26). The number of amides is 1. The summed E-state index contributed by atoms with van der Waals surface area (Å²) in [6.07, 6.45) is 2.99. The summed E-state index contributed by atoms with van der Waals surface area (Å²) >= 11 is 0. The highest BCUT2D eigenvalue weighted by atomic mass is 32.2. The number of benzene rings is 2. The molecule has 1 aliphatic carbocycles. The van der Waals surface area contributed by atoms with Crippen molar-refractivity contribution in [3.63, 3.8) is 0 Å². The van der Waals surface area contributed by atoms with Gasteiger partial charge in [0, 0.05) is 18.2 Å². The molecule has 0 aliphatic heterocycles. The van der Waals surface area contributed by atoms with Gasteiger partial charge in [-0.05, 0) is 48.7 Å². The SMILES string of the molecule is N#Cc1cc(S(N)(=O)=O)ccc1NCc1cccc(NC(=O)C2CCC2)c1. The Morgan fingerprint density at radius 1 is 1.22 bits per heavy atom. The van der Waals surface area contributed by atoms with E-state index in [2.05, 4.69) is 10.6 Å². The van der Waals surface area contributed by atoms with Crippen LogP contribution in [0, 0.1) is 17.2 Å². The van der Waals surface area contributed by atoms with E-state index in [0.29, 0.717) is 12.2 Å². The van der Waals surface area contributed by atoms with Crippen LogP contribution in [0.4, 0.5) is 11.4 Å². The summed E-state index contributed by atoms with van der Waals surface area (Å²) in [5.74, 6) is 0.166. The van der Waals surface area contributed by atoms with Crippen LogP contribution in [-0.4, -0.2) is 14.3 Å². The molecule has 1 saturated carbocycles. The summed E-state index contributed by atoms with van der Waals surface area (Å²) in [4.78, 5) is 12.0. The number of sulfonamides is 1. The molecule has 2 aromatic carbocycles. The Morgan fingerprint density at radius 2 is 2.00 bits per heavy atom. The van der Waals surface area contributed by atoms with Gasteiger partial charge >= 0.3 is 0 Å². The first-order valence-electron chi connectivity index (χ1n) is 8.57. The maximum atomic E-state index is 12.1. The zero-order valence-corrected chi connectivity index (χ0v) is 15.4. The van der Waals surface area contributed by atoms with Crippen molar-refractivity contribution in [2.24, 2.45) is 11.1 Å². The smallest absolute Gasteiger partial charge is 0.238 e. The van der Waals surface area contributed by atoms with Crippen molar-refractivity contribution >= 4 is 27.3 Å². The molecule has 0 unspecified atom stereocenters. The van der Waals surface area contributed by atoms with Gasteiger partial charge in [0.1, 0.15) is 6.07 Å². The number of primary sulfonamides is 1. The molecule has 8 heteroatoms. The highest BCUT2D eigenvalue weighted by Crippen LogP contribution is 2.27. The normalized spacial score (nSPS) is 14.1. The summed E-state index contributed by atoms with van der Waals surface area (Å²) < 4.78 is 22.8. The van der Waals surface area contributed by atoms with E-state index in [1.807, 2.05) is 30.3 Å². The fourth-order valence-electron chi connectivity index (χ4n) is 2.82. The Kier molecular flexibility index (Phi) is 5.44. The van der Waals surface area contributed by atoms with Crippen LogP contribution in [0.3, 0.4) is 0 Å². The minimum Gasteiger partial charge on any atom is -0.380 e. The van der Waals surface area contributed by atoms with E-state index in [9.17, 15) is 18.5 Å². The molecule has 0 atom stereocenters. The summed E-state index contributed by atoms with van der Waals surface area (Å²) in [7, 11) is -3.86. The van der Waals surface area contributed by atoms with E-state index in [-0.39, 0.29) is 22.3 Å². The molecule has 0 heterocycles. The van der Waals surface area contributed by atoms with E-state index in [0.717, 1.165) is 30.5 Å². The van der Waals surface area contributed by atoms with Gasteiger partial charge in [-0.3, -0.25) is 4.79 Å². The van der Waals surface area contributed by atoms with Crippen molar-refractivity contribution in [2.45, 2.75) is 30.7 Å². The lowest BCUT2D eigenvalue weighted by Crippen LogP contribution is -2.28. The molecular formula is C19H20N4O3S. The first kappa shape index (κ1) is 18.9. The Balaban J connectivity index is 1.69. The molecule has 0 radical (unpaired) electrons. The lowest BCUT2D eigenvalue weighted by atomic mass is 9.85. The van der Waals surface area contributed by atoms with E-state index >= 15 is 0 Å². The third-order valence-corrected chi connectivity index (χ3v) is 5.50. The van der Waals surface area contributed by atoms with Crippen LogP contribution in [-0.2, 0) is 21.4 Å². The number of nitrogens with two attached hydrogens (primary N) is 1. The van der Waals surface area contributed by atoms with Crippen molar-refractivity contribution in [2.75, 3.05) is 10.6 Å². The van der Waals surface area contributed by atoms with Crippen molar-refractivity contribution in [1.29, 1.82) is 5.26 Å². The van der Waals surface area contributed by atoms with Crippen LogP contribution in [0.5, 0.6) is 0 Å². The Bertz CT molecular complexity index is 1010. The van der Waals surface area contributed by atoms with E-state index in [1.165, 1.54) is 18.2 Å². The predicted octanol–water partition coefficient (Wildman–Crippen LogP) is 2.56. The fraction of sp³-hybridized carbons (Fsp3) is 0.263. The molecule has 0 spiro atoms. The minimum absolute atomic E-state index is 0.0525. The maximum absolute atomic E-state index is 12.1. The number of nitrogens with zero attached hydrogens (tertiary/aromatic N) is 1. The quantitative estimate of drug-likeness (QED) is 0.706. The largest absolute Gasteiger partial charge is 0.380 e. The Morgan fingerprint density at radius 3 is 2.63 bits per heavy atom. The zero-order chi connectivity index (χ0) is 19.4. The van der Waals surface area contributed by atoms with E-state index in [4.69, 9.17) is 5.14 Å². The van der Waals surface area contributed by atoms with Gasteiger partial charge in [-0.2, -0.15) is 5.26 Å². The first-order chi connectivity index (χ1) is 12.9. The van der Waals surface area contributed by atoms with Gasteiger partial charge in [-0.25, -0.2) is 13.6 Å². The van der Waals surface area contributed by atoms with Crippen molar-refractivity contribution in [3.8, 4) is 6.07 Å². The second-order valence-corrected chi connectivity index (χ2v) is 8.10. The summed E-state index contributed by atoms with van der Waals surface area (Å²) in [6, 6.07) is 13.5. The average molecular weight is 384 g/mol. The highest BCUT2D eigenvalue weighted by Gasteiger charge is 2.25. The van der Waals surface area contributed by atoms with Gasteiger partial charge in [0.15, 0.2) is 0 Å². The van der Waals surface area contributed by atoms with Crippen molar-refractivity contribution in [1.82, 2.24) is 0 Å². The molecule has 7 nitrogen and oxygen atoms in total. The second-order valence-electron chi connectivity index (χ2n) is 6.54. The van der Waals surface area contributed by atoms with Crippen LogP contribution in [0.2, 0.25) is 0 Å². The number of rotatable bonds is 6. The topological polar surface area (TPSA) is 125 Å². The monoisotopic (exact) mass is 384 g/mol.